The maximum absolute atomic E-state index is 12.3. The Morgan fingerprint density at radius 3 is 2.70 bits per heavy atom. The first kappa shape index (κ1) is 20.3. The monoisotopic (exact) mass is 423 g/mol. The van der Waals surface area contributed by atoms with Crippen LogP contribution in [0.1, 0.15) is 52.3 Å². The molecule has 156 valence electrons. The molecule has 1 unspecified atom stereocenters. The molecular weight excluding hydrogens is 398 g/mol. The number of benzene rings is 1. The Morgan fingerprint density at radius 2 is 1.93 bits per heavy atom. The molecular formula is C22H25N5O2S. The predicted octanol–water partition coefficient (Wildman–Crippen LogP) is 4.22. The van der Waals surface area contributed by atoms with E-state index in [2.05, 4.69) is 37.6 Å². The number of thiazole rings is 1. The lowest BCUT2D eigenvalue weighted by Crippen LogP contribution is -2.27. The number of aromatic amines is 1. The van der Waals surface area contributed by atoms with E-state index >= 15 is 0 Å². The molecule has 3 aromatic heterocycles. The summed E-state index contributed by atoms with van der Waals surface area (Å²) in [7, 11) is 0. The number of carbonyl (C=O) groups is 1. The lowest BCUT2D eigenvalue weighted by molar-refractivity contribution is -0.121. The Hall–Kier alpha value is -3.00. The molecule has 1 aromatic carbocycles. The molecule has 0 radical (unpaired) electrons. The Morgan fingerprint density at radius 1 is 1.17 bits per heavy atom. The Labute approximate surface area is 178 Å². The van der Waals surface area contributed by atoms with Crippen LogP contribution in [0.5, 0.6) is 0 Å². The molecule has 1 atom stereocenters. The van der Waals surface area contributed by atoms with Crippen molar-refractivity contribution in [3.05, 3.63) is 63.4 Å². The average molecular weight is 424 g/mol. The minimum atomic E-state index is -0.114. The van der Waals surface area contributed by atoms with Crippen LogP contribution in [0.15, 0.2) is 34.9 Å². The summed E-state index contributed by atoms with van der Waals surface area (Å²) >= 11 is 1.64. The second-order valence-corrected chi connectivity index (χ2v) is 8.82. The van der Waals surface area contributed by atoms with Crippen molar-refractivity contribution in [1.82, 2.24) is 25.5 Å². The number of fused-ring (bicyclic) bond motifs is 1. The molecule has 0 saturated carbocycles. The molecule has 0 saturated heterocycles. The lowest BCUT2D eigenvalue weighted by Gasteiger charge is -2.12. The zero-order valence-corrected chi connectivity index (χ0v) is 18.2. The average Bonchev–Trinajstić information content (AvgIpc) is 3.43. The molecule has 0 aliphatic carbocycles. The zero-order valence-electron chi connectivity index (χ0n) is 17.4. The third-order valence-corrected chi connectivity index (χ3v) is 5.99. The van der Waals surface area contributed by atoms with E-state index in [1.165, 1.54) is 10.9 Å². The molecule has 2 N–H and O–H groups in total. The number of hydrogen-bond acceptors (Lipinski definition) is 6. The minimum Gasteiger partial charge on any atom is -0.425 e. The molecule has 4 aromatic rings. The van der Waals surface area contributed by atoms with E-state index in [0.29, 0.717) is 31.0 Å². The van der Waals surface area contributed by atoms with Crippen LogP contribution in [-0.2, 0) is 24.1 Å². The molecule has 0 aliphatic heterocycles. The van der Waals surface area contributed by atoms with Gasteiger partial charge in [-0.25, -0.2) is 4.98 Å². The fraction of sp³-hybridized carbons (Fsp3) is 0.364. The largest absolute Gasteiger partial charge is 0.425 e. The summed E-state index contributed by atoms with van der Waals surface area (Å²) in [5.41, 5.74) is 3.29. The van der Waals surface area contributed by atoms with Crippen LogP contribution in [0.25, 0.3) is 10.9 Å². The number of aromatic nitrogens is 4. The standard InChI is InChI=1S/C22H25N5O2S/c1-13(22-14(2)30-15(3)25-22)24-19(28)9-11-21-27-26-20(29-21)10-8-16-12-23-18-7-5-4-6-17(16)18/h4-7,12-13,23H,8-11H2,1-3H3,(H,24,28). The van der Waals surface area contributed by atoms with Gasteiger partial charge in [-0.3, -0.25) is 4.79 Å². The van der Waals surface area contributed by atoms with E-state index in [9.17, 15) is 4.79 Å². The van der Waals surface area contributed by atoms with E-state index in [0.717, 1.165) is 27.5 Å². The van der Waals surface area contributed by atoms with Crippen LogP contribution in [-0.4, -0.2) is 26.1 Å². The summed E-state index contributed by atoms with van der Waals surface area (Å²) in [5.74, 6) is 1.04. The van der Waals surface area contributed by atoms with Gasteiger partial charge in [0.2, 0.25) is 17.7 Å². The molecule has 4 rings (SSSR count). The summed E-state index contributed by atoms with van der Waals surface area (Å²) in [6.07, 6.45) is 4.24. The Bertz CT molecular complexity index is 1160. The first-order valence-electron chi connectivity index (χ1n) is 10.1. The van der Waals surface area contributed by atoms with Crippen molar-refractivity contribution in [2.45, 2.75) is 52.5 Å². The summed E-state index contributed by atoms with van der Waals surface area (Å²) < 4.78 is 5.73. The van der Waals surface area contributed by atoms with Gasteiger partial charge in [-0.05, 0) is 38.8 Å². The summed E-state index contributed by atoms with van der Waals surface area (Å²) in [5, 5.41) is 13.4. The second kappa shape index (κ2) is 8.79. The molecule has 30 heavy (non-hydrogen) atoms. The van der Waals surface area contributed by atoms with Gasteiger partial charge in [0.1, 0.15) is 0 Å². The highest BCUT2D eigenvalue weighted by molar-refractivity contribution is 7.11. The third kappa shape index (κ3) is 4.59. The van der Waals surface area contributed by atoms with E-state index in [4.69, 9.17) is 4.42 Å². The molecule has 1 amide bonds. The summed E-state index contributed by atoms with van der Waals surface area (Å²) in [6, 6.07) is 8.11. The number of nitrogens with one attached hydrogen (secondary N) is 2. The van der Waals surface area contributed by atoms with Gasteiger partial charge < -0.3 is 14.7 Å². The number of rotatable bonds is 8. The molecule has 0 bridgehead atoms. The highest BCUT2D eigenvalue weighted by atomic mass is 32.1. The number of H-pyrrole nitrogens is 1. The van der Waals surface area contributed by atoms with Crippen LogP contribution in [0, 0.1) is 13.8 Å². The topological polar surface area (TPSA) is 96.7 Å². The third-order valence-electron chi connectivity index (χ3n) is 5.08. The van der Waals surface area contributed by atoms with Crippen molar-refractivity contribution in [2.24, 2.45) is 0 Å². The normalized spacial score (nSPS) is 12.4. The molecule has 7 nitrogen and oxygen atoms in total. The first-order chi connectivity index (χ1) is 14.5. The smallest absolute Gasteiger partial charge is 0.221 e. The maximum Gasteiger partial charge on any atom is 0.221 e. The van der Waals surface area contributed by atoms with Crippen LogP contribution in [0.3, 0.4) is 0 Å². The van der Waals surface area contributed by atoms with Crippen molar-refractivity contribution in [2.75, 3.05) is 0 Å². The number of amides is 1. The Kier molecular flexibility index (Phi) is 5.94. The van der Waals surface area contributed by atoms with Gasteiger partial charge in [0.15, 0.2) is 0 Å². The number of hydrogen-bond donors (Lipinski definition) is 2. The van der Waals surface area contributed by atoms with Crippen molar-refractivity contribution in [3.63, 3.8) is 0 Å². The fourth-order valence-corrected chi connectivity index (χ4v) is 4.53. The van der Waals surface area contributed by atoms with Gasteiger partial charge in [-0.15, -0.1) is 21.5 Å². The van der Waals surface area contributed by atoms with Gasteiger partial charge in [0.25, 0.3) is 0 Å². The van der Waals surface area contributed by atoms with E-state index in [1.54, 1.807) is 11.3 Å². The van der Waals surface area contributed by atoms with Gasteiger partial charge >= 0.3 is 0 Å². The van der Waals surface area contributed by atoms with Crippen molar-refractivity contribution in [3.8, 4) is 0 Å². The van der Waals surface area contributed by atoms with E-state index < -0.39 is 0 Å². The first-order valence-corrected chi connectivity index (χ1v) is 10.9. The van der Waals surface area contributed by atoms with E-state index in [1.807, 2.05) is 39.1 Å². The number of aryl methyl sites for hydroxylation is 5. The maximum atomic E-state index is 12.3. The molecule has 0 aliphatic rings. The molecule has 8 heteroatoms. The van der Waals surface area contributed by atoms with E-state index in [-0.39, 0.29) is 11.9 Å². The zero-order chi connectivity index (χ0) is 21.1. The SMILES string of the molecule is Cc1nc(C(C)NC(=O)CCc2nnc(CCc3c[nH]c4ccccc34)o2)c(C)s1. The second-order valence-electron chi connectivity index (χ2n) is 7.41. The minimum absolute atomic E-state index is 0.0499. The highest BCUT2D eigenvalue weighted by Crippen LogP contribution is 2.22. The van der Waals surface area contributed by atoms with Crippen LogP contribution in [0.2, 0.25) is 0 Å². The van der Waals surface area contributed by atoms with Crippen LogP contribution >= 0.6 is 11.3 Å². The summed E-state index contributed by atoms with van der Waals surface area (Å²) in [6.45, 7) is 5.95. The highest BCUT2D eigenvalue weighted by Gasteiger charge is 2.16. The van der Waals surface area contributed by atoms with Gasteiger partial charge in [0, 0.05) is 41.2 Å². The van der Waals surface area contributed by atoms with Crippen molar-refractivity contribution >= 4 is 28.1 Å². The molecule has 3 heterocycles. The number of carbonyl (C=O) groups excluding carboxylic acids is 1. The van der Waals surface area contributed by atoms with Crippen molar-refractivity contribution in [1.29, 1.82) is 0 Å². The van der Waals surface area contributed by atoms with Crippen LogP contribution < -0.4 is 5.32 Å². The fourth-order valence-electron chi connectivity index (χ4n) is 3.62. The molecule has 0 spiro atoms. The molecule has 0 fully saturated rings. The Balaban J connectivity index is 1.27. The lowest BCUT2D eigenvalue weighted by atomic mass is 10.1. The number of nitrogens with zero attached hydrogens (tertiary/aromatic N) is 3. The van der Waals surface area contributed by atoms with Crippen molar-refractivity contribution < 1.29 is 9.21 Å². The number of para-hydroxylation sites is 1. The predicted molar refractivity (Wildman–Crippen MR) is 116 cm³/mol. The van der Waals surface area contributed by atoms with Crippen LogP contribution in [0.4, 0.5) is 0 Å². The van der Waals surface area contributed by atoms with Gasteiger partial charge in [-0.2, -0.15) is 0 Å². The quantitative estimate of drug-likeness (QED) is 0.442. The van der Waals surface area contributed by atoms with Gasteiger partial charge in [-0.1, -0.05) is 18.2 Å². The van der Waals surface area contributed by atoms with Gasteiger partial charge in [0.05, 0.1) is 16.7 Å². The summed E-state index contributed by atoms with van der Waals surface area (Å²) in [4.78, 5) is 21.2.